The fraction of sp³-hybridized carbons (Fsp3) is 0.100. The van der Waals surface area contributed by atoms with Crippen LogP contribution in [0.15, 0.2) is 18.2 Å². The second kappa shape index (κ2) is 3.17. The molecule has 0 radical (unpaired) electrons. The molecule has 0 amide bonds. The van der Waals surface area contributed by atoms with Gasteiger partial charge < -0.3 is 0 Å². The van der Waals surface area contributed by atoms with E-state index in [0.29, 0.717) is 11.1 Å². The number of halogens is 3. The monoisotopic (exact) mass is 213 g/mol. The first kappa shape index (κ1) is 9.34. The number of hydrogen-bond acceptors (Lipinski definition) is 1. The minimum atomic E-state index is -0.880. The van der Waals surface area contributed by atoms with Gasteiger partial charge in [0.05, 0.1) is 0 Å². The van der Waals surface area contributed by atoms with E-state index in [1.165, 1.54) is 12.1 Å². The average molecular weight is 214 g/mol. The summed E-state index contributed by atoms with van der Waals surface area (Å²) in [6.45, 7) is 1.68. The van der Waals surface area contributed by atoms with Gasteiger partial charge in [0.25, 0.3) is 0 Å². The first-order chi connectivity index (χ1) is 6.59. The topological polar surface area (TPSA) is 12.9 Å². The fourth-order valence-corrected chi connectivity index (χ4v) is 1.64. The Bertz CT molecular complexity index is 511. The van der Waals surface area contributed by atoms with Gasteiger partial charge in [-0.15, -0.1) is 0 Å². The first-order valence-electron chi connectivity index (χ1n) is 4.00. The maximum atomic E-state index is 13.3. The third-order valence-electron chi connectivity index (χ3n) is 1.98. The predicted molar refractivity (Wildman–Crippen MR) is 51.4 cm³/mol. The van der Waals surface area contributed by atoms with Crippen LogP contribution in [-0.4, -0.2) is 4.98 Å². The fourth-order valence-electron chi connectivity index (χ4n) is 1.34. The van der Waals surface area contributed by atoms with E-state index in [1.807, 2.05) is 0 Å². The van der Waals surface area contributed by atoms with Crippen molar-refractivity contribution < 1.29 is 8.78 Å². The van der Waals surface area contributed by atoms with Crippen molar-refractivity contribution in [2.75, 3.05) is 0 Å². The van der Waals surface area contributed by atoms with Crippen LogP contribution in [0.2, 0.25) is 5.15 Å². The van der Waals surface area contributed by atoms with Gasteiger partial charge in [0, 0.05) is 16.5 Å². The van der Waals surface area contributed by atoms with Gasteiger partial charge >= 0.3 is 0 Å². The van der Waals surface area contributed by atoms with Crippen LogP contribution in [0.4, 0.5) is 8.78 Å². The van der Waals surface area contributed by atoms with Crippen LogP contribution < -0.4 is 0 Å². The van der Waals surface area contributed by atoms with Gasteiger partial charge in [0.2, 0.25) is 0 Å². The Kier molecular flexibility index (Phi) is 2.11. The highest BCUT2D eigenvalue weighted by molar-refractivity contribution is 6.34. The van der Waals surface area contributed by atoms with Crippen LogP contribution in [-0.2, 0) is 0 Å². The summed E-state index contributed by atoms with van der Waals surface area (Å²) in [4.78, 5) is 3.95. The summed E-state index contributed by atoms with van der Waals surface area (Å²) in [6.07, 6.45) is 0. The molecular formula is C10H6ClF2N. The van der Waals surface area contributed by atoms with Crippen molar-refractivity contribution in [3.8, 4) is 0 Å². The van der Waals surface area contributed by atoms with E-state index in [0.717, 1.165) is 6.07 Å². The van der Waals surface area contributed by atoms with Gasteiger partial charge in [-0.25, -0.2) is 13.8 Å². The van der Waals surface area contributed by atoms with E-state index in [2.05, 4.69) is 4.98 Å². The normalized spacial score (nSPS) is 10.9. The van der Waals surface area contributed by atoms with Crippen molar-refractivity contribution in [1.82, 2.24) is 4.98 Å². The summed E-state index contributed by atoms with van der Waals surface area (Å²) in [5, 5.41) is 0.789. The lowest BCUT2D eigenvalue weighted by molar-refractivity contribution is 0.517. The zero-order valence-electron chi connectivity index (χ0n) is 7.31. The van der Waals surface area contributed by atoms with Crippen molar-refractivity contribution in [2.24, 2.45) is 0 Å². The lowest BCUT2D eigenvalue weighted by Gasteiger charge is -2.03. The summed E-state index contributed by atoms with van der Waals surface area (Å²) in [7, 11) is 0. The molecule has 0 unspecified atom stereocenters. The number of aromatic nitrogens is 1. The lowest BCUT2D eigenvalue weighted by Crippen LogP contribution is -1.90. The van der Waals surface area contributed by atoms with Gasteiger partial charge in [-0.05, 0) is 25.1 Å². The van der Waals surface area contributed by atoms with E-state index >= 15 is 0 Å². The molecule has 0 saturated heterocycles. The van der Waals surface area contributed by atoms with Crippen LogP contribution in [0.1, 0.15) is 5.69 Å². The highest BCUT2D eigenvalue weighted by Gasteiger charge is 2.10. The predicted octanol–water partition coefficient (Wildman–Crippen LogP) is 3.47. The second-order valence-corrected chi connectivity index (χ2v) is 3.37. The minimum Gasteiger partial charge on any atom is -0.241 e. The zero-order chi connectivity index (χ0) is 10.3. The van der Waals surface area contributed by atoms with Crippen LogP contribution in [0.25, 0.3) is 10.8 Å². The molecule has 1 heterocycles. The summed E-state index contributed by atoms with van der Waals surface area (Å²) in [6, 6.07) is 3.93. The number of hydrogen-bond donors (Lipinski definition) is 0. The summed E-state index contributed by atoms with van der Waals surface area (Å²) >= 11 is 5.79. The van der Waals surface area contributed by atoms with E-state index in [9.17, 15) is 8.78 Å². The Labute approximate surface area is 84.3 Å². The quantitative estimate of drug-likeness (QED) is 0.611. The number of pyridine rings is 1. The SMILES string of the molecule is Cc1cc2c(F)c(F)ccc2c(Cl)n1. The van der Waals surface area contributed by atoms with Gasteiger partial charge in [0.15, 0.2) is 11.6 Å². The number of aryl methyl sites for hydroxylation is 1. The summed E-state index contributed by atoms with van der Waals surface area (Å²) in [5.74, 6) is -1.76. The van der Waals surface area contributed by atoms with Crippen molar-refractivity contribution in [1.29, 1.82) is 0 Å². The Morgan fingerprint density at radius 3 is 2.64 bits per heavy atom. The van der Waals surface area contributed by atoms with Crippen molar-refractivity contribution in [2.45, 2.75) is 6.92 Å². The number of nitrogens with zero attached hydrogens (tertiary/aromatic N) is 1. The Morgan fingerprint density at radius 1 is 1.21 bits per heavy atom. The summed E-state index contributed by atoms with van der Waals surface area (Å²) < 4.78 is 26.2. The molecule has 1 aromatic heterocycles. The smallest absolute Gasteiger partial charge is 0.166 e. The molecule has 0 aliphatic rings. The largest absolute Gasteiger partial charge is 0.241 e. The van der Waals surface area contributed by atoms with Crippen LogP contribution in [0.3, 0.4) is 0 Å². The van der Waals surface area contributed by atoms with Crippen LogP contribution >= 0.6 is 11.6 Å². The Balaban J connectivity index is 2.95. The maximum Gasteiger partial charge on any atom is 0.166 e. The van der Waals surface area contributed by atoms with Gasteiger partial charge in [-0.1, -0.05) is 11.6 Å². The van der Waals surface area contributed by atoms with Crippen molar-refractivity contribution in [3.63, 3.8) is 0 Å². The Hall–Kier alpha value is -1.22. The molecule has 4 heteroatoms. The molecule has 1 aromatic carbocycles. The summed E-state index contributed by atoms with van der Waals surface area (Å²) in [5.41, 5.74) is 0.562. The van der Waals surface area contributed by atoms with Crippen molar-refractivity contribution >= 4 is 22.4 Å². The second-order valence-electron chi connectivity index (χ2n) is 3.01. The molecule has 14 heavy (non-hydrogen) atoms. The molecule has 72 valence electrons. The molecule has 2 aromatic rings. The first-order valence-corrected chi connectivity index (χ1v) is 4.38. The van der Waals surface area contributed by atoms with Crippen molar-refractivity contribution in [3.05, 3.63) is 40.7 Å². The molecule has 0 saturated carbocycles. The van der Waals surface area contributed by atoms with Gasteiger partial charge in [-0.2, -0.15) is 0 Å². The average Bonchev–Trinajstić information content (AvgIpc) is 2.12. The van der Waals surface area contributed by atoms with Gasteiger partial charge in [0.1, 0.15) is 5.15 Å². The number of rotatable bonds is 0. The zero-order valence-corrected chi connectivity index (χ0v) is 8.07. The number of fused-ring (bicyclic) bond motifs is 1. The van der Waals surface area contributed by atoms with E-state index in [1.54, 1.807) is 6.92 Å². The highest BCUT2D eigenvalue weighted by atomic mass is 35.5. The third kappa shape index (κ3) is 1.34. The molecule has 2 rings (SSSR count). The molecule has 0 bridgehead atoms. The maximum absolute atomic E-state index is 13.3. The molecule has 0 aliphatic carbocycles. The van der Waals surface area contributed by atoms with Crippen LogP contribution in [0, 0.1) is 18.6 Å². The highest BCUT2D eigenvalue weighted by Crippen LogP contribution is 2.26. The lowest BCUT2D eigenvalue weighted by atomic mass is 10.1. The van der Waals surface area contributed by atoms with E-state index in [4.69, 9.17) is 11.6 Å². The van der Waals surface area contributed by atoms with Crippen LogP contribution in [0.5, 0.6) is 0 Å². The minimum absolute atomic E-state index is 0.169. The molecule has 0 aliphatic heterocycles. The molecule has 0 spiro atoms. The Morgan fingerprint density at radius 2 is 1.93 bits per heavy atom. The third-order valence-corrected chi connectivity index (χ3v) is 2.27. The van der Waals surface area contributed by atoms with E-state index in [-0.39, 0.29) is 10.5 Å². The van der Waals surface area contributed by atoms with Gasteiger partial charge in [-0.3, -0.25) is 0 Å². The molecule has 0 atom stereocenters. The molecule has 0 fully saturated rings. The molecule has 1 nitrogen and oxygen atoms in total. The standard InChI is InChI=1S/C10H6ClF2N/c1-5-4-7-6(10(11)14-5)2-3-8(12)9(7)13/h2-4H,1H3. The number of benzene rings is 1. The van der Waals surface area contributed by atoms with E-state index < -0.39 is 11.6 Å². The molecular weight excluding hydrogens is 208 g/mol. The molecule has 0 N–H and O–H groups in total.